The molecule has 0 saturated carbocycles. The molecule has 26 heavy (non-hydrogen) atoms. The highest BCUT2D eigenvalue weighted by atomic mass is 16.5. The van der Waals surface area contributed by atoms with Crippen LogP contribution >= 0.6 is 0 Å². The zero-order valence-electron chi connectivity index (χ0n) is 14.2. The molecular weight excluding hydrogens is 332 g/mol. The van der Waals surface area contributed by atoms with Crippen LogP contribution < -0.4 is 5.32 Å². The third-order valence-corrected chi connectivity index (χ3v) is 3.95. The molecule has 1 heterocycles. The van der Waals surface area contributed by atoms with E-state index in [2.05, 4.69) is 10.3 Å². The number of amides is 1. The second-order valence-electron chi connectivity index (χ2n) is 5.85. The zero-order chi connectivity index (χ0) is 18.5. The van der Waals surface area contributed by atoms with Gasteiger partial charge in [-0.05, 0) is 30.7 Å². The molecule has 0 aliphatic heterocycles. The van der Waals surface area contributed by atoms with Gasteiger partial charge in [-0.15, -0.1) is 0 Å². The van der Waals surface area contributed by atoms with Gasteiger partial charge in [0.15, 0.2) is 12.4 Å². The number of carbonyl (C=O) groups excluding carboxylic acids is 3. The molecule has 0 radical (unpaired) electrons. The minimum Gasteiger partial charge on any atom is -0.455 e. The second kappa shape index (κ2) is 7.65. The Morgan fingerprint density at radius 2 is 1.77 bits per heavy atom. The lowest BCUT2D eigenvalue weighted by Crippen LogP contribution is -2.22. The fraction of sp³-hybridized carbons (Fsp3) is 0.150. The first-order chi connectivity index (χ1) is 12.5. The number of ether oxygens (including phenoxy) is 1. The summed E-state index contributed by atoms with van der Waals surface area (Å²) in [6.45, 7) is 1.01. The number of esters is 1. The smallest absolute Gasteiger partial charge is 0.310 e. The van der Waals surface area contributed by atoms with Crippen molar-refractivity contribution in [3.8, 4) is 0 Å². The maximum atomic E-state index is 12.0. The zero-order valence-corrected chi connectivity index (χ0v) is 14.2. The van der Waals surface area contributed by atoms with Crippen LogP contribution in [-0.2, 0) is 20.7 Å². The minimum absolute atomic E-state index is 0.0708. The van der Waals surface area contributed by atoms with Crippen LogP contribution in [0.15, 0.2) is 54.7 Å². The summed E-state index contributed by atoms with van der Waals surface area (Å²) in [6, 6.07) is 14.3. The molecule has 2 aromatic carbocycles. The van der Waals surface area contributed by atoms with Crippen LogP contribution in [0, 0.1) is 0 Å². The van der Waals surface area contributed by atoms with Gasteiger partial charge in [-0.3, -0.25) is 14.4 Å². The number of ketones is 1. The Morgan fingerprint density at radius 3 is 2.58 bits per heavy atom. The van der Waals surface area contributed by atoms with Crippen LogP contribution in [0.4, 0.5) is 5.69 Å². The van der Waals surface area contributed by atoms with Crippen molar-refractivity contribution in [2.24, 2.45) is 0 Å². The van der Waals surface area contributed by atoms with Gasteiger partial charge in [0.25, 0.3) is 5.91 Å². The highest BCUT2D eigenvalue weighted by molar-refractivity contribution is 6.04. The number of Topliss-reactive ketones (excluding diaryl/α,β-unsaturated/α-hetero) is 1. The van der Waals surface area contributed by atoms with E-state index in [1.807, 2.05) is 24.3 Å². The predicted molar refractivity (Wildman–Crippen MR) is 98.0 cm³/mol. The monoisotopic (exact) mass is 350 g/mol. The van der Waals surface area contributed by atoms with Gasteiger partial charge >= 0.3 is 5.97 Å². The normalized spacial score (nSPS) is 10.5. The van der Waals surface area contributed by atoms with E-state index in [-0.39, 0.29) is 12.2 Å². The van der Waals surface area contributed by atoms with E-state index in [1.165, 1.54) is 6.92 Å². The molecule has 132 valence electrons. The Bertz CT molecular complexity index is 975. The van der Waals surface area contributed by atoms with Crippen molar-refractivity contribution in [2.75, 3.05) is 11.9 Å². The van der Waals surface area contributed by atoms with Crippen molar-refractivity contribution in [3.63, 3.8) is 0 Å². The number of nitrogens with one attached hydrogen (secondary N) is 2. The fourth-order valence-corrected chi connectivity index (χ4v) is 2.72. The SMILES string of the molecule is CC(=O)c1ccccc1NC(=O)COC(=O)Cc1c[nH]c2ccccc12. The Morgan fingerprint density at radius 1 is 1.04 bits per heavy atom. The molecule has 3 aromatic rings. The molecule has 0 bridgehead atoms. The highest BCUT2D eigenvalue weighted by Crippen LogP contribution is 2.18. The van der Waals surface area contributed by atoms with E-state index < -0.39 is 18.5 Å². The molecular formula is C20H18N2O4. The van der Waals surface area contributed by atoms with Gasteiger partial charge in [0, 0.05) is 22.7 Å². The molecule has 0 aliphatic carbocycles. The molecule has 0 unspecified atom stereocenters. The van der Waals surface area contributed by atoms with Crippen LogP contribution in [0.25, 0.3) is 10.9 Å². The first-order valence-electron chi connectivity index (χ1n) is 8.15. The molecule has 6 nitrogen and oxygen atoms in total. The van der Waals surface area contributed by atoms with E-state index in [0.29, 0.717) is 11.3 Å². The van der Waals surface area contributed by atoms with E-state index in [0.717, 1.165) is 16.5 Å². The fourth-order valence-electron chi connectivity index (χ4n) is 2.72. The van der Waals surface area contributed by atoms with Crippen LogP contribution in [0.1, 0.15) is 22.8 Å². The van der Waals surface area contributed by atoms with Crippen molar-refractivity contribution in [1.29, 1.82) is 0 Å². The number of hydrogen-bond acceptors (Lipinski definition) is 4. The topological polar surface area (TPSA) is 88.3 Å². The number of H-pyrrole nitrogens is 1. The summed E-state index contributed by atoms with van der Waals surface area (Å²) in [5, 5.41) is 3.54. The highest BCUT2D eigenvalue weighted by Gasteiger charge is 2.13. The number of fused-ring (bicyclic) bond motifs is 1. The van der Waals surface area contributed by atoms with Crippen molar-refractivity contribution in [3.05, 3.63) is 65.9 Å². The Kier molecular flexibility index (Phi) is 5.12. The Balaban J connectivity index is 1.56. The van der Waals surface area contributed by atoms with Gasteiger partial charge in [0.05, 0.1) is 12.1 Å². The van der Waals surface area contributed by atoms with Gasteiger partial charge < -0.3 is 15.0 Å². The quantitative estimate of drug-likeness (QED) is 0.528. The molecule has 1 aromatic heterocycles. The van der Waals surface area contributed by atoms with Crippen molar-refractivity contribution < 1.29 is 19.1 Å². The van der Waals surface area contributed by atoms with E-state index in [4.69, 9.17) is 4.74 Å². The Hall–Kier alpha value is -3.41. The molecule has 0 aliphatic rings. The second-order valence-corrected chi connectivity index (χ2v) is 5.85. The molecule has 3 rings (SSSR count). The first-order valence-corrected chi connectivity index (χ1v) is 8.15. The number of anilines is 1. The molecule has 2 N–H and O–H groups in total. The van der Waals surface area contributed by atoms with Crippen LogP contribution in [0.2, 0.25) is 0 Å². The van der Waals surface area contributed by atoms with Gasteiger partial charge in [-0.1, -0.05) is 30.3 Å². The summed E-state index contributed by atoms with van der Waals surface area (Å²) in [7, 11) is 0. The number of benzene rings is 2. The standard InChI is InChI=1S/C20H18N2O4/c1-13(23)15-6-2-5-9-18(15)22-19(24)12-26-20(25)10-14-11-21-17-8-4-3-7-16(14)17/h2-9,11,21H,10,12H2,1H3,(H,22,24). The Labute approximate surface area is 150 Å². The number of aromatic amines is 1. The largest absolute Gasteiger partial charge is 0.455 e. The number of aromatic nitrogens is 1. The van der Waals surface area contributed by atoms with E-state index >= 15 is 0 Å². The number of rotatable bonds is 6. The summed E-state index contributed by atoms with van der Waals surface area (Å²) < 4.78 is 5.05. The lowest BCUT2D eigenvalue weighted by atomic mass is 10.1. The third kappa shape index (κ3) is 3.97. The van der Waals surface area contributed by atoms with Crippen LogP contribution in [0.5, 0.6) is 0 Å². The van der Waals surface area contributed by atoms with Crippen molar-refractivity contribution in [1.82, 2.24) is 4.98 Å². The average molecular weight is 350 g/mol. The van der Waals surface area contributed by atoms with Gasteiger partial charge in [-0.25, -0.2) is 0 Å². The van der Waals surface area contributed by atoms with Crippen LogP contribution in [-0.4, -0.2) is 29.3 Å². The van der Waals surface area contributed by atoms with Crippen LogP contribution in [0.3, 0.4) is 0 Å². The van der Waals surface area contributed by atoms with E-state index in [9.17, 15) is 14.4 Å². The lowest BCUT2D eigenvalue weighted by molar-refractivity contribution is -0.146. The summed E-state index contributed by atoms with van der Waals surface area (Å²) >= 11 is 0. The maximum Gasteiger partial charge on any atom is 0.310 e. The molecule has 0 fully saturated rings. The predicted octanol–water partition coefficient (Wildman–Crippen LogP) is 3.09. The molecule has 0 spiro atoms. The molecule has 1 amide bonds. The molecule has 0 atom stereocenters. The maximum absolute atomic E-state index is 12.0. The number of carbonyl (C=O) groups is 3. The summed E-state index contributed by atoms with van der Waals surface area (Å²) in [5.74, 6) is -1.15. The van der Waals surface area contributed by atoms with Gasteiger partial charge in [0.1, 0.15) is 0 Å². The summed E-state index contributed by atoms with van der Waals surface area (Å²) in [4.78, 5) is 38.7. The summed E-state index contributed by atoms with van der Waals surface area (Å²) in [5.41, 5.74) is 2.56. The minimum atomic E-state index is -0.496. The van der Waals surface area contributed by atoms with Gasteiger partial charge in [0.2, 0.25) is 0 Å². The third-order valence-electron chi connectivity index (χ3n) is 3.95. The molecule has 0 saturated heterocycles. The lowest BCUT2D eigenvalue weighted by Gasteiger charge is -2.09. The summed E-state index contributed by atoms with van der Waals surface area (Å²) in [6.07, 6.45) is 1.83. The van der Waals surface area contributed by atoms with Crippen molar-refractivity contribution >= 4 is 34.3 Å². The van der Waals surface area contributed by atoms with Crippen molar-refractivity contribution in [2.45, 2.75) is 13.3 Å². The molecule has 6 heteroatoms. The first kappa shape index (κ1) is 17.4. The average Bonchev–Trinajstić information content (AvgIpc) is 3.03. The number of para-hydroxylation sites is 2. The number of hydrogen-bond donors (Lipinski definition) is 2. The van der Waals surface area contributed by atoms with E-state index in [1.54, 1.807) is 30.5 Å². The van der Waals surface area contributed by atoms with Gasteiger partial charge in [-0.2, -0.15) is 0 Å².